The van der Waals surface area contributed by atoms with E-state index in [0.29, 0.717) is 11.3 Å². The summed E-state index contributed by atoms with van der Waals surface area (Å²) in [4.78, 5) is 24.7. The minimum atomic E-state index is -0.241. The maximum absolute atomic E-state index is 11.1. The van der Waals surface area contributed by atoms with Crippen molar-refractivity contribution in [2.24, 2.45) is 0 Å². The van der Waals surface area contributed by atoms with Gasteiger partial charge in [0.05, 0.1) is 5.56 Å². The second kappa shape index (κ2) is 3.75. The fraction of sp³-hybridized carbons (Fsp3) is 0.250. The highest BCUT2D eigenvalue weighted by Gasteiger charge is 2.05. The molecule has 70 valence electrons. The van der Waals surface area contributed by atoms with Crippen molar-refractivity contribution in [1.82, 2.24) is 10.3 Å². The summed E-state index contributed by atoms with van der Waals surface area (Å²) >= 11 is 0. The van der Waals surface area contributed by atoms with Crippen molar-refractivity contribution in [3.05, 3.63) is 28.2 Å². The number of amides is 1. The van der Waals surface area contributed by atoms with E-state index in [1.54, 1.807) is 7.05 Å². The van der Waals surface area contributed by atoms with E-state index >= 15 is 0 Å². The summed E-state index contributed by atoms with van der Waals surface area (Å²) in [6.07, 6.45) is 1.38. The lowest BCUT2D eigenvalue weighted by Gasteiger charge is -2.01. The largest absolute Gasteiger partial charge is 0.384 e. The number of aromatic amines is 1. The van der Waals surface area contributed by atoms with Crippen molar-refractivity contribution in [1.29, 1.82) is 0 Å². The topological polar surface area (TPSA) is 74.0 Å². The quantitative estimate of drug-likeness (QED) is 0.590. The van der Waals surface area contributed by atoms with Gasteiger partial charge < -0.3 is 15.6 Å². The molecule has 0 saturated carbocycles. The molecule has 0 radical (unpaired) electrons. The molecule has 0 atom stereocenters. The van der Waals surface area contributed by atoms with Crippen LogP contribution in [-0.4, -0.2) is 25.0 Å². The first-order chi connectivity index (χ1) is 6.19. The number of H-pyrrole nitrogens is 1. The molecule has 0 aliphatic carbocycles. The predicted octanol–water partition coefficient (Wildman–Crippen LogP) is -0.224. The third kappa shape index (κ3) is 1.87. The van der Waals surface area contributed by atoms with Crippen LogP contribution in [0.2, 0.25) is 0 Å². The van der Waals surface area contributed by atoms with Gasteiger partial charge in [-0.05, 0) is 6.07 Å². The molecule has 5 nitrogen and oxygen atoms in total. The Morgan fingerprint density at radius 3 is 2.69 bits per heavy atom. The average Bonchev–Trinajstić information content (AvgIpc) is 2.17. The maximum Gasteiger partial charge on any atom is 0.271 e. The van der Waals surface area contributed by atoms with E-state index in [0.717, 1.165) is 0 Å². The van der Waals surface area contributed by atoms with Gasteiger partial charge in [0.25, 0.3) is 11.5 Å². The molecule has 0 aliphatic heterocycles. The van der Waals surface area contributed by atoms with Crippen molar-refractivity contribution < 1.29 is 4.79 Å². The van der Waals surface area contributed by atoms with E-state index in [-0.39, 0.29) is 11.5 Å². The summed E-state index contributed by atoms with van der Waals surface area (Å²) in [6.45, 7) is 0. The number of hydrogen-bond acceptors (Lipinski definition) is 3. The molecule has 0 unspecified atom stereocenters. The highest BCUT2D eigenvalue weighted by molar-refractivity contribution is 5.94. The van der Waals surface area contributed by atoms with Crippen LogP contribution in [0.15, 0.2) is 17.1 Å². The van der Waals surface area contributed by atoms with Crippen LogP contribution in [0.5, 0.6) is 0 Å². The number of anilines is 1. The smallest absolute Gasteiger partial charge is 0.271 e. The third-order valence-electron chi connectivity index (χ3n) is 1.66. The molecule has 1 aromatic heterocycles. The van der Waals surface area contributed by atoms with Crippen LogP contribution in [-0.2, 0) is 0 Å². The standard InChI is InChI=1S/C8H11N3O2/c1-9-6-3-5(7(12)10-2)4-11-8(6)13/h3-4,9H,1-2H3,(H,10,12)(H,11,13). The fourth-order valence-corrected chi connectivity index (χ4v) is 0.945. The van der Waals surface area contributed by atoms with Crippen molar-refractivity contribution >= 4 is 11.6 Å². The maximum atomic E-state index is 11.1. The van der Waals surface area contributed by atoms with E-state index in [1.807, 2.05) is 0 Å². The molecule has 0 saturated heterocycles. The summed E-state index contributed by atoms with van der Waals surface area (Å²) in [5.41, 5.74) is 0.558. The summed E-state index contributed by atoms with van der Waals surface area (Å²) in [6, 6.07) is 1.50. The summed E-state index contributed by atoms with van der Waals surface area (Å²) in [5.74, 6) is -0.229. The Morgan fingerprint density at radius 1 is 1.46 bits per heavy atom. The van der Waals surface area contributed by atoms with Gasteiger partial charge in [-0.2, -0.15) is 0 Å². The van der Waals surface area contributed by atoms with E-state index in [9.17, 15) is 9.59 Å². The lowest BCUT2D eigenvalue weighted by Crippen LogP contribution is -2.20. The van der Waals surface area contributed by atoms with E-state index in [1.165, 1.54) is 19.3 Å². The SMILES string of the molecule is CNC(=O)c1c[nH]c(=O)c(NC)c1. The van der Waals surface area contributed by atoms with Crippen molar-refractivity contribution in [2.45, 2.75) is 0 Å². The van der Waals surface area contributed by atoms with Gasteiger partial charge in [0.15, 0.2) is 0 Å². The van der Waals surface area contributed by atoms with Crippen LogP contribution >= 0.6 is 0 Å². The number of carbonyl (C=O) groups excluding carboxylic acids is 1. The molecule has 1 heterocycles. The molecular weight excluding hydrogens is 170 g/mol. The van der Waals surface area contributed by atoms with E-state index < -0.39 is 0 Å². The Morgan fingerprint density at radius 2 is 2.15 bits per heavy atom. The molecule has 1 aromatic rings. The first-order valence-corrected chi connectivity index (χ1v) is 3.81. The van der Waals surface area contributed by atoms with Gasteiger partial charge in [0.1, 0.15) is 5.69 Å². The molecule has 3 N–H and O–H groups in total. The highest BCUT2D eigenvalue weighted by atomic mass is 16.1. The Labute approximate surface area is 75.2 Å². The van der Waals surface area contributed by atoms with E-state index in [4.69, 9.17) is 0 Å². The summed E-state index contributed by atoms with van der Waals surface area (Å²) < 4.78 is 0. The number of rotatable bonds is 2. The predicted molar refractivity (Wildman–Crippen MR) is 50.0 cm³/mol. The van der Waals surface area contributed by atoms with Gasteiger partial charge in [-0.15, -0.1) is 0 Å². The van der Waals surface area contributed by atoms with Gasteiger partial charge in [0, 0.05) is 20.3 Å². The number of nitrogens with one attached hydrogen (secondary N) is 3. The monoisotopic (exact) mass is 181 g/mol. The Bertz CT molecular complexity index is 370. The Hall–Kier alpha value is -1.78. The van der Waals surface area contributed by atoms with Crippen molar-refractivity contribution in [3.8, 4) is 0 Å². The van der Waals surface area contributed by atoms with Gasteiger partial charge in [-0.25, -0.2) is 0 Å². The van der Waals surface area contributed by atoms with Gasteiger partial charge >= 0.3 is 0 Å². The zero-order chi connectivity index (χ0) is 9.84. The molecule has 0 aliphatic rings. The van der Waals surface area contributed by atoms with Gasteiger partial charge in [0.2, 0.25) is 0 Å². The highest BCUT2D eigenvalue weighted by Crippen LogP contribution is 2.01. The molecule has 1 rings (SSSR count). The minimum Gasteiger partial charge on any atom is -0.384 e. The lowest BCUT2D eigenvalue weighted by atomic mass is 10.2. The zero-order valence-corrected chi connectivity index (χ0v) is 7.47. The molecule has 0 spiro atoms. The van der Waals surface area contributed by atoms with Crippen molar-refractivity contribution in [3.63, 3.8) is 0 Å². The van der Waals surface area contributed by atoms with Crippen LogP contribution < -0.4 is 16.2 Å². The third-order valence-corrected chi connectivity index (χ3v) is 1.66. The molecule has 1 amide bonds. The number of carbonyl (C=O) groups is 1. The Kier molecular flexibility index (Phi) is 2.69. The molecule has 0 bridgehead atoms. The molecule has 0 fully saturated rings. The number of pyridine rings is 1. The van der Waals surface area contributed by atoms with Gasteiger partial charge in [-0.3, -0.25) is 9.59 Å². The van der Waals surface area contributed by atoms with Crippen LogP contribution in [0.3, 0.4) is 0 Å². The molecular formula is C8H11N3O2. The first-order valence-electron chi connectivity index (χ1n) is 3.81. The van der Waals surface area contributed by atoms with Crippen LogP contribution in [0.25, 0.3) is 0 Å². The normalized spacial score (nSPS) is 9.38. The molecule has 13 heavy (non-hydrogen) atoms. The average molecular weight is 181 g/mol. The van der Waals surface area contributed by atoms with Gasteiger partial charge in [-0.1, -0.05) is 0 Å². The molecule has 0 aromatic carbocycles. The second-order valence-corrected chi connectivity index (χ2v) is 2.46. The van der Waals surface area contributed by atoms with Crippen molar-refractivity contribution in [2.75, 3.05) is 19.4 Å². The summed E-state index contributed by atoms with van der Waals surface area (Å²) in [5, 5.41) is 5.15. The summed E-state index contributed by atoms with van der Waals surface area (Å²) in [7, 11) is 3.16. The van der Waals surface area contributed by atoms with Crippen LogP contribution in [0.4, 0.5) is 5.69 Å². The van der Waals surface area contributed by atoms with Crippen LogP contribution in [0, 0.1) is 0 Å². The molecule has 5 heteroatoms. The minimum absolute atomic E-state index is 0.229. The zero-order valence-electron chi connectivity index (χ0n) is 7.47. The first kappa shape index (κ1) is 9.31. The number of hydrogen-bond donors (Lipinski definition) is 3. The Balaban J connectivity index is 3.13. The number of aromatic nitrogens is 1. The fourth-order valence-electron chi connectivity index (χ4n) is 0.945. The lowest BCUT2D eigenvalue weighted by molar-refractivity contribution is 0.0963. The van der Waals surface area contributed by atoms with Crippen LogP contribution in [0.1, 0.15) is 10.4 Å². The van der Waals surface area contributed by atoms with E-state index in [2.05, 4.69) is 15.6 Å². The second-order valence-electron chi connectivity index (χ2n) is 2.46.